The van der Waals surface area contributed by atoms with Crippen molar-refractivity contribution in [3.05, 3.63) is 65.9 Å². The average Bonchev–Trinajstić information content (AvgIpc) is 3.15. The summed E-state index contributed by atoms with van der Waals surface area (Å²) in [5.74, 6) is 0.325. The molecule has 1 aromatic heterocycles. The molecule has 0 bridgehead atoms. The van der Waals surface area contributed by atoms with Gasteiger partial charge in [0.15, 0.2) is 23.9 Å². The van der Waals surface area contributed by atoms with E-state index in [1.807, 2.05) is 25.1 Å². The number of ketones is 1. The van der Waals surface area contributed by atoms with Gasteiger partial charge in [-0.3, -0.25) is 4.79 Å². The normalized spacial score (nSPS) is 10.9. The van der Waals surface area contributed by atoms with Gasteiger partial charge in [0.25, 0.3) is 0 Å². The van der Waals surface area contributed by atoms with Gasteiger partial charge in [0, 0.05) is 11.5 Å². The van der Waals surface area contributed by atoms with E-state index in [4.69, 9.17) is 18.6 Å². The Morgan fingerprint density at radius 2 is 1.89 bits per heavy atom. The first kappa shape index (κ1) is 19.2. The highest BCUT2D eigenvalue weighted by Crippen LogP contribution is 2.28. The van der Waals surface area contributed by atoms with E-state index in [0.29, 0.717) is 23.7 Å². The van der Waals surface area contributed by atoms with Crippen molar-refractivity contribution in [2.24, 2.45) is 0 Å². The summed E-state index contributed by atoms with van der Waals surface area (Å²) in [7, 11) is 1.54. The minimum atomic E-state index is -0.627. The second-order valence-corrected chi connectivity index (χ2v) is 5.86. The average molecular weight is 380 g/mol. The third kappa shape index (κ3) is 4.59. The number of methoxy groups -OCH3 is 1. The number of hydrogen-bond donors (Lipinski definition) is 0. The van der Waals surface area contributed by atoms with Crippen LogP contribution < -0.4 is 9.47 Å². The van der Waals surface area contributed by atoms with Gasteiger partial charge in [0.1, 0.15) is 5.58 Å². The highest BCUT2D eigenvalue weighted by molar-refractivity contribution is 5.99. The van der Waals surface area contributed by atoms with Crippen LogP contribution in [0.4, 0.5) is 0 Å². The lowest BCUT2D eigenvalue weighted by Gasteiger charge is -2.09. The molecule has 1 heterocycles. The molecule has 0 aliphatic heterocycles. The summed E-state index contributed by atoms with van der Waals surface area (Å²) in [6.45, 7) is 2.02. The lowest BCUT2D eigenvalue weighted by molar-refractivity contribution is -0.136. The maximum absolute atomic E-state index is 12.2. The van der Waals surface area contributed by atoms with Crippen LogP contribution in [0.2, 0.25) is 0 Å². The van der Waals surface area contributed by atoms with Crippen LogP contribution in [0.5, 0.6) is 11.5 Å². The van der Waals surface area contributed by atoms with Gasteiger partial charge in [-0.1, -0.05) is 24.3 Å². The number of benzene rings is 2. The Balaban J connectivity index is 1.58. The molecule has 6 heteroatoms. The molecule has 3 rings (SSSR count). The molecule has 0 atom stereocenters. The van der Waals surface area contributed by atoms with E-state index in [2.05, 4.69) is 0 Å². The Hall–Kier alpha value is -3.54. The number of fused-ring (bicyclic) bond motifs is 1. The van der Waals surface area contributed by atoms with Gasteiger partial charge < -0.3 is 18.6 Å². The minimum Gasteiger partial charge on any atom is -0.493 e. The molecule has 2 aromatic carbocycles. The van der Waals surface area contributed by atoms with E-state index in [0.717, 1.165) is 10.9 Å². The van der Waals surface area contributed by atoms with Gasteiger partial charge in [0.2, 0.25) is 5.78 Å². The molecule has 28 heavy (non-hydrogen) atoms. The molecule has 0 amide bonds. The number of hydrogen-bond acceptors (Lipinski definition) is 6. The third-order valence-corrected chi connectivity index (χ3v) is 3.95. The molecular formula is C22H20O6. The fourth-order valence-corrected chi connectivity index (χ4v) is 2.60. The minimum absolute atomic E-state index is 0.161. The zero-order valence-electron chi connectivity index (χ0n) is 15.6. The van der Waals surface area contributed by atoms with Crippen LogP contribution in [0.25, 0.3) is 17.0 Å². The maximum atomic E-state index is 12.2. The second kappa shape index (κ2) is 8.90. The van der Waals surface area contributed by atoms with Crippen molar-refractivity contribution in [2.75, 3.05) is 20.3 Å². The third-order valence-electron chi connectivity index (χ3n) is 3.95. The summed E-state index contributed by atoms with van der Waals surface area (Å²) in [6.07, 6.45) is 2.83. The summed E-state index contributed by atoms with van der Waals surface area (Å²) < 4.78 is 21.2. The smallest absolute Gasteiger partial charge is 0.331 e. The van der Waals surface area contributed by atoms with Crippen molar-refractivity contribution >= 4 is 28.8 Å². The molecular weight excluding hydrogens is 360 g/mol. The van der Waals surface area contributed by atoms with Crippen molar-refractivity contribution in [1.29, 1.82) is 0 Å². The van der Waals surface area contributed by atoms with Crippen molar-refractivity contribution in [3.8, 4) is 11.5 Å². The van der Waals surface area contributed by atoms with E-state index in [9.17, 15) is 9.59 Å². The van der Waals surface area contributed by atoms with Gasteiger partial charge in [-0.2, -0.15) is 0 Å². The van der Waals surface area contributed by atoms with Crippen molar-refractivity contribution < 1.29 is 28.2 Å². The lowest BCUT2D eigenvalue weighted by atomic mass is 10.2. The molecule has 6 nitrogen and oxygen atoms in total. The summed E-state index contributed by atoms with van der Waals surface area (Å²) in [4.78, 5) is 24.1. The highest BCUT2D eigenvalue weighted by Gasteiger charge is 2.14. The Morgan fingerprint density at radius 3 is 2.64 bits per heavy atom. The maximum Gasteiger partial charge on any atom is 0.331 e. The predicted molar refractivity (Wildman–Crippen MR) is 105 cm³/mol. The van der Waals surface area contributed by atoms with Crippen LogP contribution in [-0.4, -0.2) is 32.1 Å². The highest BCUT2D eigenvalue weighted by atomic mass is 16.5. The molecule has 0 N–H and O–H groups in total. The Bertz CT molecular complexity index is 982. The van der Waals surface area contributed by atoms with Crippen LogP contribution in [0, 0.1) is 0 Å². The number of esters is 1. The molecule has 0 aliphatic rings. The quantitative estimate of drug-likeness (QED) is 0.330. The van der Waals surface area contributed by atoms with Gasteiger partial charge in [0.05, 0.1) is 13.7 Å². The van der Waals surface area contributed by atoms with E-state index in [-0.39, 0.29) is 5.76 Å². The van der Waals surface area contributed by atoms with E-state index in [1.165, 1.54) is 6.08 Å². The van der Waals surface area contributed by atoms with Crippen molar-refractivity contribution in [3.63, 3.8) is 0 Å². The van der Waals surface area contributed by atoms with Gasteiger partial charge in [-0.25, -0.2) is 4.79 Å². The molecule has 0 spiro atoms. The van der Waals surface area contributed by atoms with Gasteiger partial charge >= 0.3 is 5.97 Å². The zero-order chi connectivity index (χ0) is 19.9. The van der Waals surface area contributed by atoms with E-state index < -0.39 is 18.4 Å². The van der Waals surface area contributed by atoms with Crippen LogP contribution in [0.15, 0.2) is 59.0 Å². The van der Waals surface area contributed by atoms with E-state index in [1.54, 1.807) is 43.5 Å². The van der Waals surface area contributed by atoms with Gasteiger partial charge in [-0.05, 0) is 42.8 Å². The number of furan rings is 1. The monoisotopic (exact) mass is 380 g/mol. The number of para-hydroxylation sites is 1. The number of carbonyl (C=O) groups excluding carboxylic acids is 2. The van der Waals surface area contributed by atoms with Crippen LogP contribution in [0.3, 0.4) is 0 Å². The molecule has 0 unspecified atom stereocenters. The molecule has 0 saturated carbocycles. The molecule has 0 fully saturated rings. The molecule has 0 radical (unpaired) electrons. The summed E-state index contributed by atoms with van der Waals surface area (Å²) in [5.41, 5.74) is 1.35. The molecule has 0 saturated heterocycles. The van der Waals surface area contributed by atoms with Crippen LogP contribution in [-0.2, 0) is 9.53 Å². The lowest BCUT2D eigenvalue weighted by Crippen LogP contribution is -2.11. The summed E-state index contributed by atoms with van der Waals surface area (Å²) in [6, 6.07) is 14.2. The fraction of sp³-hybridized carbons (Fsp3) is 0.182. The standard InChI is InChI=1S/C22H20O6/c1-3-26-19-10-8-15(12-21(19)25-2)9-11-22(24)27-14-17(23)20-13-16-6-4-5-7-18(16)28-20/h4-13H,3,14H2,1-2H3/b11-9+. The first-order chi connectivity index (χ1) is 13.6. The van der Waals surface area contributed by atoms with Crippen molar-refractivity contribution in [1.82, 2.24) is 0 Å². The Labute approximate surface area is 162 Å². The first-order valence-corrected chi connectivity index (χ1v) is 8.78. The predicted octanol–water partition coefficient (Wildman–Crippen LogP) is 4.28. The topological polar surface area (TPSA) is 75.0 Å². The zero-order valence-corrected chi connectivity index (χ0v) is 15.6. The number of carbonyl (C=O) groups is 2. The molecule has 144 valence electrons. The first-order valence-electron chi connectivity index (χ1n) is 8.78. The Kier molecular flexibility index (Phi) is 6.11. The SMILES string of the molecule is CCOc1ccc(/C=C/C(=O)OCC(=O)c2cc3ccccc3o2)cc1OC. The molecule has 0 aliphatic carbocycles. The fourth-order valence-electron chi connectivity index (χ4n) is 2.60. The Morgan fingerprint density at radius 1 is 1.07 bits per heavy atom. The summed E-state index contributed by atoms with van der Waals surface area (Å²) in [5, 5.41) is 0.821. The number of rotatable bonds is 8. The van der Waals surface area contributed by atoms with Crippen molar-refractivity contribution in [2.45, 2.75) is 6.92 Å². The molecule has 3 aromatic rings. The largest absolute Gasteiger partial charge is 0.493 e. The second-order valence-electron chi connectivity index (χ2n) is 5.86. The number of Topliss-reactive ketones (excluding diaryl/α,β-unsaturated/α-hetero) is 1. The summed E-state index contributed by atoms with van der Waals surface area (Å²) >= 11 is 0. The number of ether oxygens (including phenoxy) is 3. The van der Waals surface area contributed by atoms with Crippen LogP contribution >= 0.6 is 0 Å². The van der Waals surface area contributed by atoms with Crippen LogP contribution in [0.1, 0.15) is 23.0 Å². The van der Waals surface area contributed by atoms with Gasteiger partial charge in [-0.15, -0.1) is 0 Å². The van der Waals surface area contributed by atoms with E-state index >= 15 is 0 Å².